The van der Waals surface area contributed by atoms with Gasteiger partial charge in [0.2, 0.25) is 12.2 Å². The van der Waals surface area contributed by atoms with E-state index in [2.05, 4.69) is 23.8 Å². The van der Waals surface area contributed by atoms with E-state index in [-0.39, 0.29) is 12.1 Å². The smallest absolute Gasteiger partial charge is 0.211 e. The lowest BCUT2D eigenvalue weighted by molar-refractivity contribution is 0.445. The maximum absolute atomic E-state index is 10.4. The fourth-order valence-corrected chi connectivity index (χ4v) is 2.19. The summed E-state index contributed by atoms with van der Waals surface area (Å²) in [7, 11) is 0. The lowest BCUT2D eigenvalue weighted by Crippen LogP contribution is -2.15. The molecule has 0 radical (unpaired) electrons. The van der Waals surface area contributed by atoms with E-state index in [1.807, 2.05) is 0 Å². The van der Waals surface area contributed by atoms with Gasteiger partial charge in [-0.2, -0.15) is 0 Å². The molecule has 19 heavy (non-hydrogen) atoms. The number of carbonyl (C=O) groups excluding carboxylic acids is 2. The van der Waals surface area contributed by atoms with Crippen LogP contribution in [0.3, 0.4) is 0 Å². The summed E-state index contributed by atoms with van der Waals surface area (Å²) in [5.41, 5.74) is 0. The molecule has 0 aromatic rings. The summed E-state index contributed by atoms with van der Waals surface area (Å²) in [6, 6.07) is -0.0967. The predicted octanol–water partition coefficient (Wildman–Crippen LogP) is 3.95. The van der Waals surface area contributed by atoms with Crippen LogP contribution < -0.4 is 0 Å². The predicted molar refractivity (Wildman–Crippen MR) is 76.7 cm³/mol. The Morgan fingerprint density at radius 1 is 0.789 bits per heavy atom. The van der Waals surface area contributed by atoms with Gasteiger partial charge in [-0.3, -0.25) is 0 Å². The highest BCUT2D eigenvalue weighted by Gasteiger charge is 2.15. The Bertz CT molecular complexity index is 275. The van der Waals surface area contributed by atoms with Gasteiger partial charge in [0, 0.05) is 0 Å². The van der Waals surface area contributed by atoms with Crippen LogP contribution in [-0.2, 0) is 9.59 Å². The number of isocyanates is 2. The first-order chi connectivity index (χ1) is 9.28. The van der Waals surface area contributed by atoms with Crippen molar-refractivity contribution in [3.63, 3.8) is 0 Å². The molecule has 0 aliphatic rings. The zero-order valence-electron chi connectivity index (χ0n) is 12.2. The van der Waals surface area contributed by atoms with Crippen molar-refractivity contribution >= 4 is 12.2 Å². The second-order valence-corrected chi connectivity index (χ2v) is 4.98. The van der Waals surface area contributed by atoms with E-state index < -0.39 is 0 Å². The maximum Gasteiger partial charge on any atom is 0.235 e. The van der Waals surface area contributed by atoms with E-state index in [9.17, 15) is 9.59 Å². The molecule has 4 nitrogen and oxygen atoms in total. The number of hydrogen-bond acceptors (Lipinski definition) is 4. The fourth-order valence-electron chi connectivity index (χ4n) is 2.19. The van der Waals surface area contributed by atoms with Gasteiger partial charge in [0.1, 0.15) is 0 Å². The molecule has 0 spiro atoms. The lowest BCUT2D eigenvalue weighted by Gasteiger charge is -2.15. The molecular formula is C15H26N2O2. The first-order valence-corrected chi connectivity index (χ1v) is 7.42. The molecule has 0 rings (SSSR count). The van der Waals surface area contributed by atoms with E-state index in [1.165, 1.54) is 0 Å². The van der Waals surface area contributed by atoms with Gasteiger partial charge >= 0.3 is 0 Å². The molecule has 0 aromatic heterocycles. The Hall–Kier alpha value is -1.24. The Morgan fingerprint density at radius 2 is 1.21 bits per heavy atom. The van der Waals surface area contributed by atoms with E-state index in [0.717, 1.165) is 51.4 Å². The van der Waals surface area contributed by atoms with Crippen molar-refractivity contribution in [2.75, 3.05) is 0 Å². The van der Waals surface area contributed by atoms with Crippen LogP contribution in [0.5, 0.6) is 0 Å². The van der Waals surface area contributed by atoms with Crippen molar-refractivity contribution in [1.82, 2.24) is 0 Å². The maximum atomic E-state index is 10.4. The minimum atomic E-state index is -0.0484. The number of hydrogen-bond donors (Lipinski definition) is 0. The van der Waals surface area contributed by atoms with Crippen molar-refractivity contribution < 1.29 is 9.59 Å². The van der Waals surface area contributed by atoms with Gasteiger partial charge in [-0.25, -0.2) is 19.6 Å². The summed E-state index contributed by atoms with van der Waals surface area (Å²) in [5.74, 6) is 0. The van der Waals surface area contributed by atoms with Gasteiger partial charge < -0.3 is 0 Å². The van der Waals surface area contributed by atoms with E-state index in [1.54, 1.807) is 12.2 Å². The van der Waals surface area contributed by atoms with Gasteiger partial charge in [0.25, 0.3) is 0 Å². The molecule has 0 bridgehead atoms. The molecule has 0 aliphatic heterocycles. The van der Waals surface area contributed by atoms with Crippen molar-refractivity contribution in [3.05, 3.63) is 0 Å². The Balaban J connectivity index is 4.29. The Labute approximate surface area is 116 Å². The second kappa shape index (κ2) is 13.2. The normalized spacial score (nSPS) is 13.2. The first-order valence-electron chi connectivity index (χ1n) is 7.42. The number of nitrogens with zero attached hydrogens (tertiary/aromatic N) is 2. The zero-order valence-corrected chi connectivity index (χ0v) is 12.2. The van der Waals surface area contributed by atoms with Crippen LogP contribution in [0.25, 0.3) is 0 Å². The lowest BCUT2D eigenvalue weighted by atomic mass is 9.98. The summed E-state index contributed by atoms with van der Waals surface area (Å²) in [6.07, 6.45) is 12.4. The molecule has 0 saturated carbocycles. The minimum Gasteiger partial charge on any atom is -0.211 e. The molecule has 2 unspecified atom stereocenters. The van der Waals surface area contributed by atoms with Crippen molar-refractivity contribution in [3.8, 4) is 0 Å². The van der Waals surface area contributed by atoms with Crippen molar-refractivity contribution in [2.24, 2.45) is 9.98 Å². The Morgan fingerprint density at radius 3 is 1.53 bits per heavy atom. The molecular weight excluding hydrogens is 240 g/mol. The van der Waals surface area contributed by atoms with Gasteiger partial charge in [0.15, 0.2) is 0 Å². The topological polar surface area (TPSA) is 58.9 Å². The summed E-state index contributed by atoms with van der Waals surface area (Å²) in [6.45, 7) is 4.28. The van der Waals surface area contributed by atoms with Crippen LogP contribution >= 0.6 is 0 Å². The SMILES string of the molecule is CCCCCC(CC(CCCCC)N=C=O)N=C=O. The molecule has 0 heterocycles. The van der Waals surface area contributed by atoms with Crippen LogP contribution in [0.15, 0.2) is 9.98 Å². The molecule has 2 atom stereocenters. The summed E-state index contributed by atoms with van der Waals surface area (Å²) in [4.78, 5) is 28.6. The fraction of sp³-hybridized carbons (Fsp3) is 0.867. The van der Waals surface area contributed by atoms with Crippen molar-refractivity contribution in [1.29, 1.82) is 0 Å². The van der Waals surface area contributed by atoms with Gasteiger partial charge in [-0.1, -0.05) is 52.4 Å². The number of rotatable bonds is 12. The molecule has 108 valence electrons. The van der Waals surface area contributed by atoms with E-state index in [0.29, 0.717) is 6.42 Å². The summed E-state index contributed by atoms with van der Waals surface area (Å²) >= 11 is 0. The first kappa shape index (κ1) is 17.8. The molecule has 0 aromatic carbocycles. The molecule has 0 saturated heterocycles. The monoisotopic (exact) mass is 266 g/mol. The van der Waals surface area contributed by atoms with Crippen LogP contribution in [-0.4, -0.2) is 24.2 Å². The summed E-state index contributed by atoms with van der Waals surface area (Å²) < 4.78 is 0. The van der Waals surface area contributed by atoms with Gasteiger partial charge in [-0.05, 0) is 19.3 Å². The van der Waals surface area contributed by atoms with Crippen LogP contribution in [0, 0.1) is 0 Å². The number of aliphatic imine (C=N–C) groups is 2. The zero-order chi connectivity index (χ0) is 14.3. The molecule has 0 amide bonds. The summed E-state index contributed by atoms with van der Waals surface area (Å²) in [5, 5.41) is 0. The average Bonchev–Trinajstić information content (AvgIpc) is 2.39. The highest BCUT2D eigenvalue weighted by molar-refractivity contribution is 5.34. The van der Waals surface area contributed by atoms with Gasteiger partial charge in [-0.15, -0.1) is 0 Å². The molecule has 0 aliphatic carbocycles. The van der Waals surface area contributed by atoms with Crippen LogP contribution in [0.1, 0.15) is 71.6 Å². The van der Waals surface area contributed by atoms with Crippen molar-refractivity contribution in [2.45, 2.75) is 83.7 Å². The highest BCUT2D eigenvalue weighted by Crippen LogP contribution is 2.17. The molecule has 0 N–H and O–H groups in total. The van der Waals surface area contributed by atoms with Crippen LogP contribution in [0.2, 0.25) is 0 Å². The Kier molecular flexibility index (Phi) is 12.3. The average molecular weight is 266 g/mol. The van der Waals surface area contributed by atoms with Crippen LogP contribution in [0.4, 0.5) is 0 Å². The van der Waals surface area contributed by atoms with E-state index >= 15 is 0 Å². The standard InChI is InChI=1S/C15H26N2O2/c1-3-5-7-9-14(16-12-18)11-15(17-13-19)10-8-6-4-2/h14-15H,3-11H2,1-2H3. The second-order valence-electron chi connectivity index (χ2n) is 4.98. The third kappa shape index (κ3) is 10.4. The number of unbranched alkanes of at least 4 members (excludes halogenated alkanes) is 4. The third-order valence-corrected chi connectivity index (χ3v) is 3.30. The van der Waals surface area contributed by atoms with Gasteiger partial charge in [0.05, 0.1) is 12.1 Å². The highest BCUT2D eigenvalue weighted by atomic mass is 16.1. The third-order valence-electron chi connectivity index (χ3n) is 3.30. The van der Waals surface area contributed by atoms with E-state index in [4.69, 9.17) is 0 Å². The molecule has 4 heteroatoms. The molecule has 0 fully saturated rings. The quantitative estimate of drug-likeness (QED) is 0.305. The largest absolute Gasteiger partial charge is 0.235 e. The minimum absolute atomic E-state index is 0.0484.